The molecule has 1 aliphatic heterocycles. The lowest BCUT2D eigenvalue weighted by molar-refractivity contribution is -0.121. The Balaban J connectivity index is 1.94. The fraction of sp³-hybridized carbons (Fsp3) is 0.158. The van der Waals surface area contributed by atoms with Gasteiger partial charge in [-0.25, -0.2) is 0 Å². The van der Waals surface area contributed by atoms with E-state index in [0.717, 1.165) is 5.56 Å². The smallest absolute Gasteiger partial charge is 0.266 e. The summed E-state index contributed by atoms with van der Waals surface area (Å²) in [6.07, 6.45) is 1.70. The van der Waals surface area contributed by atoms with Gasteiger partial charge in [0.15, 0.2) is 0 Å². The lowest BCUT2D eigenvalue weighted by Crippen LogP contribution is -2.27. The van der Waals surface area contributed by atoms with Crippen molar-refractivity contribution in [2.45, 2.75) is 13.5 Å². The highest BCUT2D eigenvalue weighted by molar-refractivity contribution is 8.26. The molecule has 8 heteroatoms. The van der Waals surface area contributed by atoms with Crippen LogP contribution >= 0.6 is 58.8 Å². The molecule has 0 radical (unpaired) electrons. The molecule has 1 fully saturated rings. The molecule has 3 nitrogen and oxygen atoms in total. The van der Waals surface area contributed by atoms with Crippen LogP contribution in [0.25, 0.3) is 6.08 Å². The highest BCUT2D eigenvalue weighted by atomic mass is 35.5. The van der Waals surface area contributed by atoms with Gasteiger partial charge in [-0.3, -0.25) is 9.69 Å². The number of nitrogens with zero attached hydrogens (tertiary/aromatic N) is 1. The second-order valence-corrected chi connectivity index (χ2v) is 8.54. The quantitative estimate of drug-likeness (QED) is 0.380. The monoisotopic (exact) mass is 457 g/mol. The maximum Gasteiger partial charge on any atom is 0.266 e. The summed E-state index contributed by atoms with van der Waals surface area (Å²) in [5.74, 6) is 0.295. The summed E-state index contributed by atoms with van der Waals surface area (Å²) in [5, 5.41) is 1.40. The number of likely N-dealkylation sites (N-methyl/N-ethyl adjacent to an activating group) is 1. The zero-order chi connectivity index (χ0) is 19.6. The predicted octanol–water partition coefficient (Wildman–Crippen LogP) is 6.45. The van der Waals surface area contributed by atoms with Crippen LogP contribution in [0.5, 0.6) is 5.75 Å². The molecule has 3 rings (SSSR count). The number of thiocarbonyl (C=S) groups is 1. The molecular weight excluding hydrogens is 445 g/mol. The van der Waals surface area contributed by atoms with Gasteiger partial charge >= 0.3 is 0 Å². The third-order valence-electron chi connectivity index (χ3n) is 3.84. The topological polar surface area (TPSA) is 29.5 Å². The molecule has 140 valence electrons. The van der Waals surface area contributed by atoms with Crippen molar-refractivity contribution in [3.05, 3.63) is 67.5 Å². The average molecular weight is 459 g/mol. The molecule has 0 aromatic heterocycles. The number of carbonyl (C=O) groups is 1. The Bertz CT molecular complexity index is 947. The van der Waals surface area contributed by atoms with E-state index in [1.807, 2.05) is 25.1 Å². The first-order chi connectivity index (χ1) is 12.9. The second-order valence-electron chi connectivity index (χ2n) is 5.61. The highest BCUT2D eigenvalue weighted by Crippen LogP contribution is 2.38. The third kappa shape index (κ3) is 4.61. The largest absolute Gasteiger partial charge is 0.487 e. The van der Waals surface area contributed by atoms with Crippen LogP contribution in [0.3, 0.4) is 0 Å². The van der Waals surface area contributed by atoms with Crippen molar-refractivity contribution in [1.29, 1.82) is 0 Å². The normalized spacial score (nSPS) is 15.7. The van der Waals surface area contributed by atoms with Gasteiger partial charge in [-0.1, -0.05) is 77.0 Å². The van der Waals surface area contributed by atoms with Gasteiger partial charge in [-0.2, -0.15) is 0 Å². The lowest BCUT2D eigenvalue weighted by Gasteiger charge is -2.13. The van der Waals surface area contributed by atoms with E-state index in [2.05, 4.69) is 0 Å². The Hall–Kier alpha value is -1.24. The maximum atomic E-state index is 12.5. The molecule has 0 aliphatic carbocycles. The van der Waals surface area contributed by atoms with E-state index in [0.29, 0.717) is 42.2 Å². The molecule has 1 amide bonds. The van der Waals surface area contributed by atoms with Gasteiger partial charge in [0.2, 0.25) is 0 Å². The molecular formula is C19H14Cl3NO2S2. The molecule has 0 spiro atoms. The molecule has 0 unspecified atom stereocenters. The SMILES string of the molecule is CCN1C(=O)/C(=C/c2cc(Cl)cc(Cl)c2OCc2ccccc2Cl)SC1=S. The number of benzene rings is 2. The van der Waals surface area contributed by atoms with Gasteiger partial charge in [0.25, 0.3) is 5.91 Å². The summed E-state index contributed by atoms with van der Waals surface area (Å²) in [5.41, 5.74) is 1.43. The molecule has 0 bridgehead atoms. The predicted molar refractivity (Wildman–Crippen MR) is 118 cm³/mol. The highest BCUT2D eigenvalue weighted by Gasteiger charge is 2.31. The van der Waals surface area contributed by atoms with Gasteiger partial charge in [-0.15, -0.1) is 0 Å². The van der Waals surface area contributed by atoms with Gasteiger partial charge < -0.3 is 4.74 Å². The van der Waals surface area contributed by atoms with Crippen molar-refractivity contribution < 1.29 is 9.53 Å². The van der Waals surface area contributed by atoms with Crippen molar-refractivity contribution >= 4 is 75.1 Å². The standard InChI is InChI=1S/C19H14Cl3NO2S2/c1-2-23-18(24)16(27-19(23)26)8-12-7-13(20)9-15(22)17(12)25-10-11-5-3-4-6-14(11)21/h3-9H,2,10H2,1H3/b16-8-. The number of hydrogen-bond donors (Lipinski definition) is 0. The zero-order valence-electron chi connectivity index (χ0n) is 14.2. The van der Waals surface area contributed by atoms with E-state index in [-0.39, 0.29) is 12.5 Å². The van der Waals surface area contributed by atoms with E-state index in [9.17, 15) is 4.79 Å². The molecule has 1 aliphatic rings. The minimum atomic E-state index is -0.138. The van der Waals surface area contributed by atoms with Crippen molar-refractivity contribution in [2.75, 3.05) is 6.54 Å². The van der Waals surface area contributed by atoms with Crippen molar-refractivity contribution in [1.82, 2.24) is 4.90 Å². The first-order valence-electron chi connectivity index (χ1n) is 8.01. The molecule has 0 saturated carbocycles. The Morgan fingerprint density at radius 1 is 1.19 bits per heavy atom. The Morgan fingerprint density at radius 3 is 2.59 bits per heavy atom. The molecule has 2 aromatic rings. The number of hydrogen-bond acceptors (Lipinski definition) is 4. The second kappa shape index (κ2) is 8.84. The number of rotatable bonds is 5. The van der Waals surface area contributed by atoms with Crippen LogP contribution in [0.1, 0.15) is 18.1 Å². The zero-order valence-corrected chi connectivity index (χ0v) is 18.1. The summed E-state index contributed by atoms with van der Waals surface area (Å²) in [6, 6.07) is 10.7. The summed E-state index contributed by atoms with van der Waals surface area (Å²) in [7, 11) is 0. The van der Waals surface area contributed by atoms with Gasteiger partial charge in [0.1, 0.15) is 16.7 Å². The summed E-state index contributed by atoms with van der Waals surface area (Å²) in [6.45, 7) is 2.63. The molecule has 0 atom stereocenters. The van der Waals surface area contributed by atoms with Crippen LogP contribution in [-0.2, 0) is 11.4 Å². The fourth-order valence-corrected chi connectivity index (χ4v) is 4.65. The Morgan fingerprint density at radius 2 is 1.93 bits per heavy atom. The molecule has 1 saturated heterocycles. The molecule has 2 aromatic carbocycles. The summed E-state index contributed by atoms with van der Waals surface area (Å²) >= 11 is 25.2. The van der Waals surface area contributed by atoms with E-state index in [4.69, 9.17) is 51.8 Å². The van der Waals surface area contributed by atoms with Crippen molar-refractivity contribution in [3.63, 3.8) is 0 Å². The number of ether oxygens (including phenoxy) is 1. The number of carbonyl (C=O) groups excluding carboxylic acids is 1. The first kappa shape index (κ1) is 20.5. The number of thioether (sulfide) groups is 1. The minimum Gasteiger partial charge on any atom is -0.487 e. The van der Waals surface area contributed by atoms with Crippen LogP contribution in [0.15, 0.2) is 41.3 Å². The lowest BCUT2D eigenvalue weighted by atomic mass is 10.1. The summed E-state index contributed by atoms with van der Waals surface area (Å²) < 4.78 is 6.46. The minimum absolute atomic E-state index is 0.138. The first-order valence-corrected chi connectivity index (χ1v) is 10.4. The van der Waals surface area contributed by atoms with E-state index in [1.165, 1.54) is 11.8 Å². The average Bonchev–Trinajstić information content (AvgIpc) is 2.88. The van der Waals surface area contributed by atoms with Crippen LogP contribution in [0.2, 0.25) is 15.1 Å². The van der Waals surface area contributed by atoms with Crippen molar-refractivity contribution in [2.24, 2.45) is 0 Å². The van der Waals surface area contributed by atoms with Gasteiger partial charge in [0, 0.05) is 27.7 Å². The number of amides is 1. The van der Waals surface area contributed by atoms with E-state index in [1.54, 1.807) is 29.2 Å². The van der Waals surface area contributed by atoms with Gasteiger partial charge in [0.05, 0.1) is 9.93 Å². The van der Waals surface area contributed by atoms with Crippen LogP contribution in [0, 0.1) is 0 Å². The fourth-order valence-electron chi connectivity index (χ4n) is 2.52. The Kier molecular flexibility index (Phi) is 6.71. The van der Waals surface area contributed by atoms with E-state index >= 15 is 0 Å². The van der Waals surface area contributed by atoms with Crippen molar-refractivity contribution in [3.8, 4) is 5.75 Å². The summed E-state index contributed by atoms with van der Waals surface area (Å²) in [4.78, 5) is 14.5. The van der Waals surface area contributed by atoms with Gasteiger partial charge in [-0.05, 0) is 31.2 Å². The molecule has 27 heavy (non-hydrogen) atoms. The molecule has 0 N–H and O–H groups in total. The molecule has 1 heterocycles. The van der Waals surface area contributed by atoms with Crippen LogP contribution < -0.4 is 4.74 Å². The van der Waals surface area contributed by atoms with Crippen LogP contribution in [0.4, 0.5) is 0 Å². The Labute approximate surface area is 182 Å². The third-order valence-corrected chi connectivity index (χ3v) is 6.09. The number of halogens is 3. The van der Waals surface area contributed by atoms with E-state index < -0.39 is 0 Å². The maximum absolute atomic E-state index is 12.5. The van der Waals surface area contributed by atoms with Crippen LogP contribution in [-0.4, -0.2) is 21.7 Å².